The van der Waals surface area contributed by atoms with Gasteiger partial charge in [-0.25, -0.2) is 4.98 Å². The van der Waals surface area contributed by atoms with Crippen LogP contribution in [0.1, 0.15) is 55.0 Å². The van der Waals surface area contributed by atoms with Crippen molar-refractivity contribution in [1.82, 2.24) is 34.4 Å². The zero-order valence-electron chi connectivity index (χ0n) is 20.3. The van der Waals surface area contributed by atoms with Gasteiger partial charge < -0.3 is 4.57 Å². The molecule has 0 saturated heterocycles. The second-order valence-corrected chi connectivity index (χ2v) is 9.29. The van der Waals surface area contributed by atoms with E-state index in [0.29, 0.717) is 5.92 Å². The molecule has 0 spiro atoms. The number of hydrogen-bond donors (Lipinski definition) is 1. The van der Waals surface area contributed by atoms with Gasteiger partial charge in [0.1, 0.15) is 5.69 Å². The van der Waals surface area contributed by atoms with Gasteiger partial charge in [-0.1, -0.05) is 44.2 Å². The molecule has 1 aromatic carbocycles. The lowest BCUT2D eigenvalue weighted by Gasteiger charge is -2.29. The molecule has 4 heterocycles. The molecule has 1 aliphatic heterocycles. The number of benzene rings is 1. The lowest BCUT2D eigenvalue weighted by molar-refractivity contribution is 0.213. The molecule has 33 heavy (non-hydrogen) atoms. The van der Waals surface area contributed by atoms with Crippen LogP contribution in [0.3, 0.4) is 0 Å². The first-order chi connectivity index (χ1) is 16.0. The molecule has 0 bridgehead atoms. The molecule has 0 amide bonds. The highest BCUT2D eigenvalue weighted by molar-refractivity contribution is 5.67. The predicted molar refractivity (Wildman–Crippen MR) is 131 cm³/mol. The number of imidazole rings is 1. The summed E-state index contributed by atoms with van der Waals surface area (Å²) in [6.45, 7) is 15.4. The Bertz CT molecular complexity index is 1260. The van der Waals surface area contributed by atoms with E-state index < -0.39 is 0 Å². The van der Waals surface area contributed by atoms with Crippen molar-refractivity contribution in [3.05, 3.63) is 64.7 Å². The monoisotopic (exact) mass is 443 g/mol. The highest BCUT2D eigenvalue weighted by Crippen LogP contribution is 2.33. The summed E-state index contributed by atoms with van der Waals surface area (Å²) in [6, 6.07) is 12.7. The predicted octanol–water partition coefficient (Wildman–Crippen LogP) is 4.91. The number of H-pyrrole nitrogens is 1. The van der Waals surface area contributed by atoms with E-state index in [-0.39, 0.29) is 0 Å². The minimum atomic E-state index is 0.404. The third-order valence-corrected chi connectivity index (χ3v) is 6.79. The third kappa shape index (κ3) is 3.91. The van der Waals surface area contributed by atoms with E-state index in [1.807, 2.05) is 0 Å². The largest absolute Gasteiger partial charge is 0.324 e. The van der Waals surface area contributed by atoms with Gasteiger partial charge >= 0.3 is 0 Å². The molecule has 7 heteroatoms. The van der Waals surface area contributed by atoms with E-state index in [1.54, 1.807) is 0 Å². The summed E-state index contributed by atoms with van der Waals surface area (Å²) in [5.74, 6) is 1.36. The van der Waals surface area contributed by atoms with E-state index in [2.05, 4.69) is 95.4 Å². The first-order valence-corrected chi connectivity index (χ1v) is 11.9. The average molecular weight is 444 g/mol. The molecule has 0 saturated carbocycles. The number of aromatic nitrogens is 6. The van der Waals surface area contributed by atoms with Gasteiger partial charge in [0, 0.05) is 55.2 Å². The van der Waals surface area contributed by atoms with Gasteiger partial charge in [-0.2, -0.15) is 10.2 Å². The number of aromatic amines is 1. The molecule has 5 rings (SSSR count). The SMILES string of the molecule is CCn1nc(C)c(CN2CCn3c(-c4cc(C(C)C)[nH]n4)nc(-c4ccccc4)c3C2)c1C. The summed E-state index contributed by atoms with van der Waals surface area (Å²) in [7, 11) is 0. The summed E-state index contributed by atoms with van der Waals surface area (Å²) >= 11 is 0. The number of nitrogens with zero attached hydrogens (tertiary/aromatic N) is 6. The number of hydrogen-bond acceptors (Lipinski definition) is 4. The van der Waals surface area contributed by atoms with Gasteiger partial charge in [-0.15, -0.1) is 0 Å². The molecular weight excluding hydrogens is 410 g/mol. The van der Waals surface area contributed by atoms with Crippen LogP contribution in [0.5, 0.6) is 0 Å². The van der Waals surface area contributed by atoms with Crippen molar-refractivity contribution in [1.29, 1.82) is 0 Å². The number of aryl methyl sites for hydroxylation is 2. The Morgan fingerprint density at radius 3 is 2.55 bits per heavy atom. The van der Waals surface area contributed by atoms with Crippen LogP contribution in [-0.4, -0.2) is 41.0 Å². The maximum absolute atomic E-state index is 5.14. The van der Waals surface area contributed by atoms with E-state index in [0.717, 1.165) is 66.9 Å². The Balaban J connectivity index is 1.52. The Hall–Kier alpha value is -3.19. The summed E-state index contributed by atoms with van der Waals surface area (Å²) in [4.78, 5) is 7.66. The fourth-order valence-corrected chi connectivity index (χ4v) is 4.82. The zero-order valence-corrected chi connectivity index (χ0v) is 20.3. The number of nitrogens with one attached hydrogen (secondary N) is 1. The molecule has 172 valence electrons. The molecule has 0 aliphatic carbocycles. The van der Waals surface area contributed by atoms with Crippen LogP contribution in [0.2, 0.25) is 0 Å². The highest BCUT2D eigenvalue weighted by Gasteiger charge is 2.27. The Labute approximate surface area is 195 Å². The topological polar surface area (TPSA) is 67.6 Å². The third-order valence-electron chi connectivity index (χ3n) is 6.79. The molecule has 1 aliphatic rings. The average Bonchev–Trinajstić information content (AvgIpc) is 3.52. The minimum Gasteiger partial charge on any atom is -0.324 e. The Kier molecular flexibility index (Phi) is 5.66. The zero-order chi connectivity index (χ0) is 23.1. The van der Waals surface area contributed by atoms with Crippen molar-refractivity contribution in [2.24, 2.45) is 0 Å². The van der Waals surface area contributed by atoms with Crippen molar-refractivity contribution in [2.45, 2.75) is 66.7 Å². The molecule has 0 fully saturated rings. The van der Waals surface area contributed by atoms with Crippen molar-refractivity contribution in [3.63, 3.8) is 0 Å². The normalized spacial score (nSPS) is 14.2. The van der Waals surface area contributed by atoms with Crippen molar-refractivity contribution in [2.75, 3.05) is 6.54 Å². The van der Waals surface area contributed by atoms with Crippen LogP contribution in [0, 0.1) is 13.8 Å². The first-order valence-electron chi connectivity index (χ1n) is 11.9. The molecular formula is C26H33N7. The van der Waals surface area contributed by atoms with Gasteiger partial charge in [0.25, 0.3) is 0 Å². The smallest absolute Gasteiger partial charge is 0.161 e. The molecule has 7 nitrogen and oxygen atoms in total. The van der Waals surface area contributed by atoms with Crippen molar-refractivity contribution in [3.8, 4) is 22.8 Å². The van der Waals surface area contributed by atoms with E-state index in [9.17, 15) is 0 Å². The van der Waals surface area contributed by atoms with Gasteiger partial charge in [-0.05, 0) is 32.8 Å². The second kappa shape index (κ2) is 8.63. The maximum Gasteiger partial charge on any atom is 0.161 e. The highest BCUT2D eigenvalue weighted by atomic mass is 15.3. The van der Waals surface area contributed by atoms with Gasteiger partial charge in [0.2, 0.25) is 0 Å². The van der Waals surface area contributed by atoms with Gasteiger partial charge in [0.05, 0.1) is 17.1 Å². The van der Waals surface area contributed by atoms with Crippen LogP contribution in [-0.2, 0) is 26.2 Å². The van der Waals surface area contributed by atoms with E-state index in [4.69, 9.17) is 10.1 Å². The summed E-state index contributed by atoms with van der Waals surface area (Å²) in [6.07, 6.45) is 0. The Morgan fingerprint density at radius 1 is 1.09 bits per heavy atom. The number of fused-ring (bicyclic) bond motifs is 1. The quantitative estimate of drug-likeness (QED) is 0.460. The number of rotatable bonds is 6. The van der Waals surface area contributed by atoms with E-state index in [1.165, 1.54) is 17.0 Å². The fourth-order valence-electron chi connectivity index (χ4n) is 4.82. The van der Waals surface area contributed by atoms with Crippen molar-refractivity contribution >= 4 is 0 Å². The standard InChI is InChI=1S/C26H33N7/c1-6-33-19(5)21(18(4)30-33)15-31-12-13-32-24(16-31)25(20-10-8-7-9-11-20)27-26(32)23-14-22(17(2)3)28-29-23/h7-11,14,17H,6,12-13,15-16H2,1-5H3,(H,28,29). The van der Waals surface area contributed by atoms with Crippen LogP contribution in [0.15, 0.2) is 36.4 Å². The van der Waals surface area contributed by atoms with Crippen LogP contribution in [0.4, 0.5) is 0 Å². The molecule has 0 atom stereocenters. The Morgan fingerprint density at radius 2 is 1.88 bits per heavy atom. The van der Waals surface area contributed by atoms with Crippen LogP contribution in [0.25, 0.3) is 22.8 Å². The lowest BCUT2D eigenvalue weighted by Crippen LogP contribution is -2.33. The molecule has 4 aromatic rings. The molecule has 1 N–H and O–H groups in total. The lowest BCUT2D eigenvalue weighted by atomic mass is 10.1. The molecule has 0 radical (unpaired) electrons. The molecule has 3 aromatic heterocycles. The van der Waals surface area contributed by atoms with Gasteiger partial charge in [-0.3, -0.25) is 14.7 Å². The maximum atomic E-state index is 5.14. The fraction of sp³-hybridized carbons (Fsp3) is 0.423. The second-order valence-electron chi connectivity index (χ2n) is 9.29. The summed E-state index contributed by atoms with van der Waals surface area (Å²) in [5.41, 5.74) is 9.29. The van der Waals surface area contributed by atoms with E-state index >= 15 is 0 Å². The summed E-state index contributed by atoms with van der Waals surface area (Å²) < 4.78 is 4.48. The van der Waals surface area contributed by atoms with Crippen LogP contribution < -0.4 is 0 Å². The van der Waals surface area contributed by atoms with Crippen molar-refractivity contribution < 1.29 is 0 Å². The van der Waals surface area contributed by atoms with Gasteiger partial charge in [0.15, 0.2) is 5.82 Å². The molecule has 0 unspecified atom stereocenters. The first kappa shape index (κ1) is 21.6. The summed E-state index contributed by atoms with van der Waals surface area (Å²) in [5, 5.41) is 12.5. The minimum absolute atomic E-state index is 0.404. The van der Waals surface area contributed by atoms with Crippen LogP contribution >= 0.6 is 0 Å².